The fourth-order valence-corrected chi connectivity index (χ4v) is 2.42. The number of aromatic amines is 1. The topological polar surface area (TPSA) is 96.7 Å². The molecule has 1 aromatic heterocycles. The van der Waals surface area contributed by atoms with Crippen molar-refractivity contribution in [3.05, 3.63) is 41.7 Å². The van der Waals surface area contributed by atoms with Gasteiger partial charge in [-0.2, -0.15) is 5.10 Å². The zero-order valence-electron chi connectivity index (χ0n) is 12.7. The normalized spacial score (nSPS) is 11.0. The number of carbonyl (C=O) groups excluding carboxylic acids is 1. The average molecular weight is 378 g/mol. The summed E-state index contributed by atoms with van der Waals surface area (Å²) in [6.45, 7) is 2.52. The maximum atomic E-state index is 11.9. The van der Waals surface area contributed by atoms with Crippen molar-refractivity contribution >= 4 is 42.5 Å². The summed E-state index contributed by atoms with van der Waals surface area (Å²) in [6, 6.07) is 7.66. The van der Waals surface area contributed by atoms with Crippen LogP contribution in [0.15, 0.2) is 35.7 Å². The second-order valence-corrected chi connectivity index (χ2v) is 5.76. The molecule has 1 atom stereocenters. The first-order chi connectivity index (χ1) is 10.1. The predicted octanol–water partition coefficient (Wildman–Crippen LogP) is 2.41. The number of thioether (sulfide) groups is 1. The molecule has 4 N–H and O–H groups in total. The number of halogens is 2. The van der Waals surface area contributed by atoms with Crippen LogP contribution in [0, 0.1) is 0 Å². The highest BCUT2D eigenvalue weighted by molar-refractivity contribution is 7.98. The maximum absolute atomic E-state index is 11.9. The Morgan fingerprint density at radius 3 is 2.61 bits per heavy atom. The van der Waals surface area contributed by atoms with Crippen molar-refractivity contribution in [1.82, 2.24) is 20.5 Å². The van der Waals surface area contributed by atoms with Crippen LogP contribution in [-0.2, 0) is 5.75 Å². The predicted molar refractivity (Wildman–Crippen MR) is 97.5 cm³/mol. The number of hydrogen-bond acceptors (Lipinski definition) is 5. The molecular formula is C14H21Cl2N5OS. The molecule has 0 fully saturated rings. The minimum absolute atomic E-state index is 0. The molecule has 23 heavy (non-hydrogen) atoms. The van der Waals surface area contributed by atoms with Gasteiger partial charge in [0.15, 0.2) is 5.16 Å². The summed E-state index contributed by atoms with van der Waals surface area (Å²) in [5.74, 6) is 0.715. The molecular weight excluding hydrogens is 357 g/mol. The number of carbonyl (C=O) groups is 1. The van der Waals surface area contributed by atoms with Crippen molar-refractivity contribution < 1.29 is 4.79 Å². The Balaban J connectivity index is 0.00000242. The Kier molecular flexibility index (Phi) is 10.7. The van der Waals surface area contributed by atoms with Crippen LogP contribution in [0.25, 0.3) is 0 Å². The number of aromatic nitrogens is 3. The number of nitrogens with one attached hydrogen (secondary N) is 2. The Labute approximate surface area is 152 Å². The van der Waals surface area contributed by atoms with Crippen molar-refractivity contribution in [2.24, 2.45) is 5.73 Å². The molecule has 0 aliphatic heterocycles. The van der Waals surface area contributed by atoms with Crippen LogP contribution in [0.2, 0.25) is 0 Å². The van der Waals surface area contributed by atoms with Gasteiger partial charge in [0.1, 0.15) is 6.33 Å². The molecule has 0 aliphatic rings. The quantitative estimate of drug-likeness (QED) is 0.643. The summed E-state index contributed by atoms with van der Waals surface area (Å²) < 4.78 is 0. The van der Waals surface area contributed by atoms with Crippen LogP contribution < -0.4 is 11.1 Å². The Bertz CT molecular complexity index is 563. The van der Waals surface area contributed by atoms with Crippen LogP contribution in [0.5, 0.6) is 0 Å². The van der Waals surface area contributed by atoms with E-state index in [9.17, 15) is 4.79 Å². The Morgan fingerprint density at radius 2 is 2.04 bits per heavy atom. The summed E-state index contributed by atoms with van der Waals surface area (Å²) in [4.78, 5) is 15.9. The number of nitrogens with two attached hydrogens (primary N) is 1. The van der Waals surface area contributed by atoms with Gasteiger partial charge in [-0.3, -0.25) is 9.89 Å². The molecule has 2 rings (SSSR count). The van der Waals surface area contributed by atoms with Gasteiger partial charge in [0.05, 0.1) is 0 Å². The lowest BCUT2D eigenvalue weighted by atomic mass is 10.1. The third-order valence-electron chi connectivity index (χ3n) is 2.87. The van der Waals surface area contributed by atoms with Crippen molar-refractivity contribution in [2.75, 3.05) is 6.54 Å². The number of rotatable bonds is 7. The van der Waals surface area contributed by atoms with E-state index in [4.69, 9.17) is 5.73 Å². The highest BCUT2D eigenvalue weighted by Gasteiger charge is 2.06. The average Bonchev–Trinajstić information content (AvgIpc) is 2.98. The van der Waals surface area contributed by atoms with Crippen molar-refractivity contribution in [3.63, 3.8) is 0 Å². The largest absolute Gasteiger partial charge is 0.352 e. The van der Waals surface area contributed by atoms with Gasteiger partial charge in [0.2, 0.25) is 0 Å². The first-order valence-electron chi connectivity index (χ1n) is 6.76. The molecule has 0 radical (unpaired) electrons. The fraction of sp³-hybridized carbons (Fsp3) is 0.357. The van der Waals surface area contributed by atoms with E-state index < -0.39 is 0 Å². The molecule has 0 bridgehead atoms. The van der Waals surface area contributed by atoms with Crippen LogP contribution in [0.3, 0.4) is 0 Å². The van der Waals surface area contributed by atoms with E-state index in [0.717, 1.165) is 22.9 Å². The first kappa shape index (κ1) is 21.7. The number of hydrogen-bond donors (Lipinski definition) is 3. The second kappa shape index (κ2) is 11.3. The maximum Gasteiger partial charge on any atom is 0.251 e. The van der Waals surface area contributed by atoms with E-state index in [1.165, 1.54) is 6.33 Å². The zero-order chi connectivity index (χ0) is 15.1. The minimum atomic E-state index is -0.0647. The lowest BCUT2D eigenvalue weighted by Crippen LogP contribution is -2.28. The molecule has 0 spiro atoms. The van der Waals surface area contributed by atoms with Gasteiger partial charge in [-0.1, -0.05) is 23.9 Å². The van der Waals surface area contributed by atoms with Crippen LogP contribution in [0.1, 0.15) is 29.3 Å². The monoisotopic (exact) mass is 377 g/mol. The van der Waals surface area contributed by atoms with Crippen molar-refractivity contribution in [3.8, 4) is 0 Å². The molecule has 2 aromatic rings. The molecule has 9 heteroatoms. The fourth-order valence-electron chi connectivity index (χ4n) is 1.68. The molecule has 6 nitrogen and oxygen atoms in total. The van der Waals surface area contributed by atoms with Gasteiger partial charge in [-0.05, 0) is 31.0 Å². The third kappa shape index (κ3) is 7.69. The van der Waals surface area contributed by atoms with Crippen LogP contribution in [0.4, 0.5) is 0 Å². The van der Waals surface area contributed by atoms with E-state index in [-0.39, 0.29) is 36.8 Å². The van der Waals surface area contributed by atoms with Gasteiger partial charge in [-0.15, -0.1) is 24.8 Å². The number of amides is 1. The summed E-state index contributed by atoms with van der Waals surface area (Å²) in [5.41, 5.74) is 7.43. The molecule has 0 saturated heterocycles. The number of benzene rings is 1. The summed E-state index contributed by atoms with van der Waals surface area (Å²) in [7, 11) is 0. The van der Waals surface area contributed by atoms with Crippen molar-refractivity contribution in [1.29, 1.82) is 0 Å². The van der Waals surface area contributed by atoms with E-state index in [2.05, 4.69) is 20.5 Å². The highest BCUT2D eigenvalue weighted by Crippen LogP contribution is 2.18. The SMILES string of the molecule is CC(N)CCNC(=O)c1ccc(CSc2ncn[nH]2)cc1.Cl.Cl. The van der Waals surface area contributed by atoms with E-state index in [1.807, 2.05) is 31.2 Å². The second-order valence-electron chi connectivity index (χ2n) is 4.80. The molecule has 0 aliphatic carbocycles. The van der Waals surface area contributed by atoms with Crippen LogP contribution >= 0.6 is 36.6 Å². The van der Waals surface area contributed by atoms with Gasteiger partial charge in [0.25, 0.3) is 5.91 Å². The third-order valence-corrected chi connectivity index (χ3v) is 3.82. The van der Waals surface area contributed by atoms with E-state index in [1.54, 1.807) is 11.8 Å². The van der Waals surface area contributed by atoms with Crippen molar-refractivity contribution in [2.45, 2.75) is 30.3 Å². The number of nitrogens with zero attached hydrogens (tertiary/aromatic N) is 2. The Hall–Kier alpha value is -1.28. The summed E-state index contributed by atoms with van der Waals surface area (Å²) in [5, 5.41) is 10.2. The molecule has 1 amide bonds. The van der Waals surface area contributed by atoms with E-state index in [0.29, 0.717) is 12.1 Å². The molecule has 1 heterocycles. The lowest BCUT2D eigenvalue weighted by Gasteiger charge is -2.07. The standard InChI is InChI=1S/C14H19N5OS.2ClH/c1-10(15)6-7-16-13(20)12-4-2-11(3-5-12)8-21-14-17-9-18-19-14;;/h2-5,9-10H,6-8,15H2,1H3,(H,16,20)(H,17,18,19);2*1H. The van der Waals surface area contributed by atoms with Gasteiger partial charge >= 0.3 is 0 Å². The lowest BCUT2D eigenvalue weighted by molar-refractivity contribution is 0.0953. The molecule has 1 unspecified atom stereocenters. The highest BCUT2D eigenvalue weighted by atomic mass is 35.5. The molecule has 0 saturated carbocycles. The Morgan fingerprint density at radius 1 is 1.35 bits per heavy atom. The van der Waals surface area contributed by atoms with Gasteiger partial charge < -0.3 is 11.1 Å². The smallest absolute Gasteiger partial charge is 0.251 e. The van der Waals surface area contributed by atoms with Gasteiger partial charge in [0, 0.05) is 23.9 Å². The van der Waals surface area contributed by atoms with Gasteiger partial charge in [-0.25, -0.2) is 4.98 Å². The number of H-pyrrole nitrogens is 1. The van der Waals surface area contributed by atoms with E-state index >= 15 is 0 Å². The van der Waals surface area contributed by atoms with Crippen LogP contribution in [-0.4, -0.2) is 33.7 Å². The molecule has 128 valence electrons. The minimum Gasteiger partial charge on any atom is -0.352 e. The first-order valence-corrected chi connectivity index (χ1v) is 7.74. The summed E-state index contributed by atoms with van der Waals surface area (Å²) >= 11 is 1.57. The molecule has 1 aromatic carbocycles. The summed E-state index contributed by atoms with van der Waals surface area (Å²) in [6.07, 6.45) is 2.26. The zero-order valence-corrected chi connectivity index (χ0v) is 15.1.